The molecule has 146 valence electrons. The molecular weight excluding hydrogens is 389 g/mol. The van der Waals surface area contributed by atoms with Gasteiger partial charge in [0.15, 0.2) is 0 Å². The molecule has 3 aromatic rings. The summed E-state index contributed by atoms with van der Waals surface area (Å²) in [6.45, 7) is 1.89. The van der Waals surface area contributed by atoms with Crippen LogP contribution in [0.1, 0.15) is 16.7 Å². The molecule has 4 nitrogen and oxygen atoms in total. The Morgan fingerprint density at radius 1 is 1.07 bits per heavy atom. The maximum Gasteiger partial charge on any atom is 0.216 e. The van der Waals surface area contributed by atoms with Crippen molar-refractivity contribution in [3.63, 3.8) is 0 Å². The highest BCUT2D eigenvalue weighted by Gasteiger charge is 2.20. The van der Waals surface area contributed by atoms with E-state index >= 15 is 0 Å². The molecule has 0 heterocycles. The molecule has 0 amide bonds. The molecule has 0 unspecified atom stereocenters. The second-order valence-corrected chi connectivity index (χ2v) is 8.31. The van der Waals surface area contributed by atoms with E-state index in [0.29, 0.717) is 16.9 Å². The van der Waals surface area contributed by atoms with E-state index < -0.39 is 9.84 Å². The van der Waals surface area contributed by atoms with Gasteiger partial charge in [0.25, 0.3) is 0 Å². The maximum absolute atomic E-state index is 13.7. The van der Waals surface area contributed by atoms with Crippen LogP contribution in [0.3, 0.4) is 0 Å². The summed E-state index contributed by atoms with van der Waals surface area (Å²) < 4.78 is 44.8. The van der Waals surface area contributed by atoms with Gasteiger partial charge in [-0.1, -0.05) is 48.0 Å². The van der Waals surface area contributed by atoms with Crippen molar-refractivity contribution in [2.24, 2.45) is 0 Å². The zero-order chi connectivity index (χ0) is 20.9. The molecule has 0 atom stereocenters. The summed E-state index contributed by atoms with van der Waals surface area (Å²) in [5.74, 6) is 0.0755. The minimum absolute atomic E-state index is 0.0343. The van der Waals surface area contributed by atoms with Crippen molar-refractivity contribution in [1.29, 1.82) is 5.26 Å². The zero-order valence-corrected chi connectivity index (χ0v) is 16.5. The molecule has 0 radical (unpaired) electrons. The Morgan fingerprint density at radius 2 is 1.79 bits per heavy atom. The summed E-state index contributed by atoms with van der Waals surface area (Å²) in [5, 5.41) is 9.42. The Kier molecular flexibility index (Phi) is 6.10. The number of hydrogen-bond donors (Lipinski definition) is 0. The van der Waals surface area contributed by atoms with E-state index in [-0.39, 0.29) is 22.2 Å². The molecule has 0 aromatic heterocycles. The fourth-order valence-electron chi connectivity index (χ4n) is 2.64. The van der Waals surface area contributed by atoms with Crippen molar-refractivity contribution in [2.45, 2.75) is 18.4 Å². The number of allylic oxidation sites excluding steroid dienone is 1. The van der Waals surface area contributed by atoms with Crippen molar-refractivity contribution in [3.8, 4) is 11.8 Å². The third kappa shape index (κ3) is 4.89. The highest BCUT2D eigenvalue weighted by atomic mass is 32.2. The molecule has 29 heavy (non-hydrogen) atoms. The second kappa shape index (κ2) is 8.72. The van der Waals surface area contributed by atoms with Crippen LogP contribution in [0.4, 0.5) is 4.39 Å². The summed E-state index contributed by atoms with van der Waals surface area (Å²) in [4.78, 5) is -0.310. The summed E-state index contributed by atoms with van der Waals surface area (Å²) in [7, 11) is -3.93. The average molecular weight is 407 g/mol. The van der Waals surface area contributed by atoms with Crippen LogP contribution in [0.2, 0.25) is 0 Å². The van der Waals surface area contributed by atoms with Gasteiger partial charge in [0, 0.05) is 5.56 Å². The number of halogens is 1. The molecule has 3 rings (SSSR count). The van der Waals surface area contributed by atoms with Gasteiger partial charge in [-0.25, -0.2) is 12.8 Å². The van der Waals surface area contributed by atoms with Crippen LogP contribution in [0.25, 0.3) is 6.08 Å². The quantitative estimate of drug-likeness (QED) is 0.536. The van der Waals surface area contributed by atoms with Crippen molar-refractivity contribution < 1.29 is 17.5 Å². The standard InChI is InChI=1S/C23H18FNO3S/c1-17-9-11-21(12-10-17)29(26,27)22(15-25)14-18-5-4-7-20(13-18)28-16-19-6-2-3-8-23(19)24/h2-14H,16H2,1H3/b22-14+. The number of ether oxygens (including phenoxy) is 1. The minimum atomic E-state index is -3.93. The third-order valence-corrected chi connectivity index (χ3v) is 5.92. The van der Waals surface area contributed by atoms with E-state index in [0.717, 1.165) is 5.56 Å². The maximum atomic E-state index is 13.7. The molecule has 0 saturated carbocycles. The van der Waals surface area contributed by atoms with Crippen LogP contribution in [0, 0.1) is 24.1 Å². The first kappa shape index (κ1) is 20.3. The SMILES string of the molecule is Cc1ccc(S(=O)(=O)/C(C#N)=C/c2cccc(OCc3ccccc3F)c2)cc1. The number of benzene rings is 3. The Bertz CT molecular complexity index is 1190. The fraction of sp³-hybridized carbons (Fsp3) is 0.0870. The Labute approximate surface area is 169 Å². The van der Waals surface area contributed by atoms with Crippen molar-refractivity contribution in [2.75, 3.05) is 0 Å². The van der Waals surface area contributed by atoms with Crippen molar-refractivity contribution in [1.82, 2.24) is 0 Å². The van der Waals surface area contributed by atoms with Gasteiger partial charge in [0.05, 0.1) is 4.90 Å². The molecule has 3 aromatic carbocycles. The lowest BCUT2D eigenvalue weighted by molar-refractivity contribution is 0.300. The highest BCUT2D eigenvalue weighted by molar-refractivity contribution is 7.95. The monoisotopic (exact) mass is 407 g/mol. The Balaban J connectivity index is 1.85. The molecule has 0 aliphatic heterocycles. The van der Waals surface area contributed by atoms with E-state index in [1.54, 1.807) is 60.7 Å². The Morgan fingerprint density at radius 3 is 2.48 bits per heavy atom. The number of nitriles is 1. The number of aryl methyl sites for hydroxylation is 1. The smallest absolute Gasteiger partial charge is 0.216 e. The second-order valence-electron chi connectivity index (χ2n) is 6.39. The van der Waals surface area contributed by atoms with E-state index in [4.69, 9.17) is 4.74 Å². The molecule has 0 aliphatic carbocycles. The fourth-order valence-corrected chi connectivity index (χ4v) is 3.80. The van der Waals surface area contributed by atoms with E-state index in [1.165, 1.54) is 24.3 Å². The van der Waals surface area contributed by atoms with Gasteiger partial charge in [-0.3, -0.25) is 0 Å². The van der Waals surface area contributed by atoms with Gasteiger partial charge in [0.1, 0.15) is 29.1 Å². The van der Waals surface area contributed by atoms with E-state index in [9.17, 15) is 18.1 Å². The lowest BCUT2D eigenvalue weighted by Crippen LogP contribution is -2.03. The van der Waals surface area contributed by atoms with Gasteiger partial charge in [-0.2, -0.15) is 5.26 Å². The normalized spacial score (nSPS) is 11.7. The van der Waals surface area contributed by atoms with Crippen LogP contribution in [0.5, 0.6) is 5.75 Å². The van der Waals surface area contributed by atoms with Crippen LogP contribution in [-0.4, -0.2) is 8.42 Å². The molecule has 0 N–H and O–H groups in total. The number of hydrogen-bond acceptors (Lipinski definition) is 4. The third-order valence-electron chi connectivity index (χ3n) is 4.24. The van der Waals surface area contributed by atoms with Crippen LogP contribution in [-0.2, 0) is 16.4 Å². The lowest BCUT2D eigenvalue weighted by atomic mass is 10.2. The lowest BCUT2D eigenvalue weighted by Gasteiger charge is -2.08. The van der Waals surface area contributed by atoms with Gasteiger partial charge >= 0.3 is 0 Å². The van der Waals surface area contributed by atoms with Crippen LogP contribution in [0.15, 0.2) is 82.6 Å². The van der Waals surface area contributed by atoms with E-state index in [1.807, 2.05) is 6.92 Å². The summed E-state index contributed by atoms with van der Waals surface area (Å²) >= 11 is 0. The van der Waals surface area contributed by atoms with Gasteiger partial charge in [-0.05, 0) is 48.9 Å². The van der Waals surface area contributed by atoms with Crippen molar-refractivity contribution in [3.05, 3.63) is 100 Å². The first-order valence-electron chi connectivity index (χ1n) is 8.80. The number of sulfone groups is 1. The average Bonchev–Trinajstić information content (AvgIpc) is 2.72. The highest BCUT2D eigenvalue weighted by Crippen LogP contribution is 2.23. The molecule has 0 spiro atoms. The van der Waals surface area contributed by atoms with Crippen LogP contribution >= 0.6 is 0 Å². The molecule has 0 aliphatic rings. The first-order chi connectivity index (χ1) is 13.9. The van der Waals surface area contributed by atoms with E-state index in [2.05, 4.69) is 0 Å². The predicted molar refractivity (Wildman–Crippen MR) is 109 cm³/mol. The molecular formula is C23H18FNO3S. The molecule has 0 fully saturated rings. The van der Waals surface area contributed by atoms with Crippen LogP contribution < -0.4 is 4.74 Å². The number of nitrogens with zero attached hydrogens (tertiary/aromatic N) is 1. The zero-order valence-electron chi connectivity index (χ0n) is 15.7. The molecule has 0 saturated heterocycles. The first-order valence-corrected chi connectivity index (χ1v) is 10.3. The topological polar surface area (TPSA) is 67.2 Å². The summed E-state index contributed by atoms with van der Waals surface area (Å²) in [6, 6.07) is 21.0. The predicted octanol–water partition coefficient (Wildman–Crippen LogP) is 5.05. The summed E-state index contributed by atoms with van der Waals surface area (Å²) in [5.41, 5.74) is 1.82. The largest absolute Gasteiger partial charge is 0.489 e. The Hall–Kier alpha value is -3.43. The minimum Gasteiger partial charge on any atom is -0.489 e. The molecule has 0 bridgehead atoms. The summed E-state index contributed by atoms with van der Waals surface area (Å²) in [6.07, 6.45) is 1.30. The van der Waals surface area contributed by atoms with Gasteiger partial charge < -0.3 is 4.74 Å². The van der Waals surface area contributed by atoms with Gasteiger partial charge in [-0.15, -0.1) is 0 Å². The van der Waals surface area contributed by atoms with Gasteiger partial charge in [0.2, 0.25) is 9.84 Å². The number of rotatable bonds is 6. The molecule has 6 heteroatoms. The van der Waals surface area contributed by atoms with Crippen molar-refractivity contribution >= 4 is 15.9 Å².